The average Bonchev–Trinajstić information content (AvgIpc) is 2.48. The van der Waals surface area contributed by atoms with Gasteiger partial charge in [-0.3, -0.25) is 4.79 Å². The predicted molar refractivity (Wildman–Crippen MR) is 81.5 cm³/mol. The third-order valence-electron chi connectivity index (χ3n) is 3.55. The highest BCUT2D eigenvalue weighted by molar-refractivity contribution is 7.89. The Kier molecular flexibility index (Phi) is 4.97. The smallest absolute Gasteiger partial charge is 0.242 e. The second-order valence-electron chi connectivity index (χ2n) is 5.35. The molecule has 2 rings (SSSR count). The summed E-state index contributed by atoms with van der Waals surface area (Å²) in [5, 5.41) is 5.99. The maximum Gasteiger partial charge on any atom is 0.242 e. The van der Waals surface area contributed by atoms with Crippen molar-refractivity contribution in [2.24, 2.45) is 5.92 Å². The number of sulfonamides is 1. The summed E-state index contributed by atoms with van der Waals surface area (Å²) < 4.78 is 25.3. The molecule has 0 bridgehead atoms. The molecular formula is C14H21N3O3S. The van der Waals surface area contributed by atoms with Crippen LogP contribution in [0.15, 0.2) is 29.2 Å². The van der Waals surface area contributed by atoms with Gasteiger partial charge in [0.05, 0.1) is 10.8 Å². The number of anilines is 1. The van der Waals surface area contributed by atoms with E-state index in [4.69, 9.17) is 0 Å². The van der Waals surface area contributed by atoms with E-state index >= 15 is 0 Å². The van der Waals surface area contributed by atoms with Crippen LogP contribution in [0, 0.1) is 5.92 Å². The first-order chi connectivity index (χ1) is 9.91. The van der Waals surface area contributed by atoms with Crippen LogP contribution in [-0.2, 0) is 14.8 Å². The average molecular weight is 311 g/mol. The molecule has 0 spiro atoms. The van der Waals surface area contributed by atoms with Crippen molar-refractivity contribution >= 4 is 21.6 Å². The van der Waals surface area contributed by atoms with Crippen molar-refractivity contribution in [1.29, 1.82) is 0 Å². The number of nitrogens with one attached hydrogen (secondary N) is 2. The quantitative estimate of drug-likeness (QED) is 0.865. The number of rotatable bonds is 4. The van der Waals surface area contributed by atoms with E-state index in [-0.39, 0.29) is 16.7 Å². The minimum atomic E-state index is -3.49. The van der Waals surface area contributed by atoms with Crippen molar-refractivity contribution in [1.82, 2.24) is 9.62 Å². The van der Waals surface area contributed by atoms with Crippen LogP contribution < -0.4 is 10.6 Å². The Morgan fingerprint density at radius 3 is 2.76 bits per heavy atom. The number of piperidine rings is 1. The largest absolute Gasteiger partial charge is 0.326 e. The van der Waals surface area contributed by atoms with Crippen molar-refractivity contribution in [3.8, 4) is 0 Å². The SMILES string of the molecule is CN(C)S(=O)(=O)c1cccc(NC(=O)[C@H]2CCCNC2)c1. The number of hydrogen-bond acceptors (Lipinski definition) is 4. The second-order valence-corrected chi connectivity index (χ2v) is 7.50. The van der Waals surface area contributed by atoms with Crippen LogP contribution in [0.4, 0.5) is 5.69 Å². The fourth-order valence-corrected chi connectivity index (χ4v) is 3.21. The van der Waals surface area contributed by atoms with E-state index < -0.39 is 10.0 Å². The maximum absolute atomic E-state index is 12.2. The normalized spacial score (nSPS) is 19.5. The lowest BCUT2D eigenvalue weighted by atomic mass is 9.99. The zero-order valence-corrected chi connectivity index (χ0v) is 13.1. The van der Waals surface area contributed by atoms with Crippen molar-refractivity contribution in [2.45, 2.75) is 17.7 Å². The highest BCUT2D eigenvalue weighted by Gasteiger charge is 2.22. The molecular weight excluding hydrogens is 290 g/mol. The molecule has 1 heterocycles. The molecule has 1 aliphatic rings. The van der Waals surface area contributed by atoms with Crippen molar-refractivity contribution in [3.63, 3.8) is 0 Å². The van der Waals surface area contributed by atoms with E-state index in [1.54, 1.807) is 12.1 Å². The zero-order chi connectivity index (χ0) is 15.5. The molecule has 1 atom stereocenters. The summed E-state index contributed by atoms with van der Waals surface area (Å²) in [5.41, 5.74) is 0.508. The van der Waals surface area contributed by atoms with Crippen LogP contribution >= 0.6 is 0 Å². The van der Waals surface area contributed by atoms with Crippen molar-refractivity contribution < 1.29 is 13.2 Å². The van der Waals surface area contributed by atoms with E-state index in [0.717, 1.165) is 23.7 Å². The minimum absolute atomic E-state index is 0.0622. The zero-order valence-electron chi connectivity index (χ0n) is 12.3. The topological polar surface area (TPSA) is 78.5 Å². The van der Waals surface area contributed by atoms with Crippen LogP contribution in [0.5, 0.6) is 0 Å². The number of carbonyl (C=O) groups is 1. The predicted octanol–water partition coefficient (Wildman–Crippen LogP) is 0.875. The van der Waals surface area contributed by atoms with Gasteiger partial charge in [0, 0.05) is 26.3 Å². The van der Waals surface area contributed by atoms with Crippen LogP contribution in [-0.4, -0.2) is 45.8 Å². The van der Waals surface area contributed by atoms with Crippen LogP contribution in [0.1, 0.15) is 12.8 Å². The molecule has 7 heteroatoms. The first kappa shape index (κ1) is 15.9. The first-order valence-electron chi connectivity index (χ1n) is 6.95. The molecule has 0 aliphatic carbocycles. The molecule has 1 saturated heterocycles. The summed E-state index contributed by atoms with van der Waals surface area (Å²) in [6.45, 7) is 1.61. The molecule has 0 unspecified atom stereocenters. The summed E-state index contributed by atoms with van der Waals surface area (Å²) in [4.78, 5) is 12.3. The van der Waals surface area contributed by atoms with Crippen molar-refractivity contribution in [2.75, 3.05) is 32.5 Å². The molecule has 1 aliphatic heterocycles. The lowest BCUT2D eigenvalue weighted by Crippen LogP contribution is -2.37. The van der Waals surface area contributed by atoms with Gasteiger partial charge in [0.1, 0.15) is 0 Å². The number of benzene rings is 1. The molecule has 2 N–H and O–H groups in total. The van der Waals surface area contributed by atoms with E-state index in [1.807, 2.05) is 0 Å². The van der Waals surface area contributed by atoms with Gasteiger partial charge in [-0.1, -0.05) is 6.07 Å². The minimum Gasteiger partial charge on any atom is -0.326 e. The summed E-state index contributed by atoms with van der Waals surface area (Å²) >= 11 is 0. The summed E-state index contributed by atoms with van der Waals surface area (Å²) in [6.07, 6.45) is 1.83. The number of carbonyl (C=O) groups excluding carboxylic acids is 1. The van der Waals surface area contributed by atoms with Gasteiger partial charge < -0.3 is 10.6 Å². The van der Waals surface area contributed by atoms with Crippen molar-refractivity contribution in [3.05, 3.63) is 24.3 Å². The van der Waals surface area contributed by atoms with Crippen LogP contribution in [0.3, 0.4) is 0 Å². The number of hydrogen-bond donors (Lipinski definition) is 2. The molecule has 0 aromatic heterocycles. The molecule has 1 fully saturated rings. The Hall–Kier alpha value is -1.44. The van der Waals surface area contributed by atoms with Gasteiger partial charge in [-0.05, 0) is 37.6 Å². The number of amides is 1. The Balaban J connectivity index is 2.13. The first-order valence-corrected chi connectivity index (χ1v) is 8.39. The standard InChI is InChI=1S/C14H21N3O3S/c1-17(2)21(19,20)13-7-3-6-12(9-13)16-14(18)11-5-4-8-15-10-11/h3,6-7,9,11,15H,4-5,8,10H2,1-2H3,(H,16,18)/t11-/m0/s1. The molecule has 21 heavy (non-hydrogen) atoms. The monoisotopic (exact) mass is 311 g/mol. The van der Waals surface area contributed by atoms with Gasteiger partial charge in [-0.25, -0.2) is 12.7 Å². The lowest BCUT2D eigenvalue weighted by molar-refractivity contribution is -0.120. The third-order valence-corrected chi connectivity index (χ3v) is 5.36. The van der Waals surface area contributed by atoms with Crippen LogP contribution in [0.25, 0.3) is 0 Å². The highest BCUT2D eigenvalue weighted by atomic mass is 32.2. The Morgan fingerprint density at radius 1 is 1.38 bits per heavy atom. The molecule has 0 saturated carbocycles. The van der Waals surface area contributed by atoms with Gasteiger partial charge in [0.25, 0.3) is 0 Å². The molecule has 1 aromatic rings. The summed E-state index contributed by atoms with van der Waals surface area (Å²) in [7, 11) is -0.529. The van der Waals surface area contributed by atoms with Gasteiger partial charge in [-0.2, -0.15) is 0 Å². The van der Waals surface area contributed by atoms with E-state index in [1.165, 1.54) is 26.2 Å². The summed E-state index contributed by atoms with van der Waals surface area (Å²) in [6, 6.07) is 6.34. The molecule has 0 radical (unpaired) electrons. The molecule has 6 nitrogen and oxygen atoms in total. The molecule has 116 valence electrons. The molecule has 1 aromatic carbocycles. The van der Waals surface area contributed by atoms with E-state index in [0.29, 0.717) is 12.2 Å². The second kappa shape index (κ2) is 6.55. The van der Waals surface area contributed by atoms with Gasteiger partial charge in [0.2, 0.25) is 15.9 Å². The lowest BCUT2D eigenvalue weighted by Gasteiger charge is -2.22. The summed E-state index contributed by atoms with van der Waals surface area (Å²) in [5.74, 6) is -0.130. The highest BCUT2D eigenvalue weighted by Crippen LogP contribution is 2.19. The Bertz CT molecular complexity index is 608. The Morgan fingerprint density at radius 2 is 2.14 bits per heavy atom. The third kappa shape index (κ3) is 3.81. The fraction of sp³-hybridized carbons (Fsp3) is 0.500. The fourth-order valence-electron chi connectivity index (χ4n) is 2.27. The van der Waals surface area contributed by atoms with Gasteiger partial charge >= 0.3 is 0 Å². The van der Waals surface area contributed by atoms with Crippen LogP contribution in [0.2, 0.25) is 0 Å². The van der Waals surface area contributed by atoms with Gasteiger partial charge in [-0.15, -0.1) is 0 Å². The van der Waals surface area contributed by atoms with Gasteiger partial charge in [0.15, 0.2) is 0 Å². The molecule has 1 amide bonds. The maximum atomic E-state index is 12.2. The number of nitrogens with zero attached hydrogens (tertiary/aromatic N) is 1. The van der Waals surface area contributed by atoms with E-state index in [9.17, 15) is 13.2 Å². The van der Waals surface area contributed by atoms with E-state index in [2.05, 4.69) is 10.6 Å². The Labute approximate surface area is 125 Å².